The van der Waals surface area contributed by atoms with Crippen LogP contribution in [0.1, 0.15) is 41.0 Å². The fourth-order valence-electron chi connectivity index (χ4n) is 3.32. The van der Waals surface area contributed by atoms with Gasteiger partial charge in [0.1, 0.15) is 11.5 Å². The van der Waals surface area contributed by atoms with Gasteiger partial charge >= 0.3 is 0 Å². The number of nitrogens with one attached hydrogen (secondary N) is 1. The zero-order valence-corrected chi connectivity index (χ0v) is 14.9. The van der Waals surface area contributed by atoms with E-state index >= 15 is 0 Å². The number of likely N-dealkylation sites (tertiary alicyclic amines) is 1. The normalized spacial score (nSPS) is 17.8. The van der Waals surface area contributed by atoms with Crippen LogP contribution in [-0.2, 0) is 6.42 Å². The van der Waals surface area contributed by atoms with E-state index in [0.29, 0.717) is 11.6 Å². The van der Waals surface area contributed by atoms with E-state index in [1.165, 1.54) is 0 Å². The molecule has 0 unspecified atom stereocenters. The molecule has 3 rings (SSSR count). The maximum Gasteiger partial charge on any atom is 0.272 e. The monoisotopic (exact) mass is 339 g/mol. The standard InChI is InChI=1S/C19H25N5O/c1-14-5-3-8-21-18(14)19(25)24-9-4-6-15(7-10-24)11-16-12-23-17(20-2)13-22-16/h3,5,8,12-13,15H,4,6-7,9-11H2,1-2H3,(H,20,23)/t15-/m1/s1. The summed E-state index contributed by atoms with van der Waals surface area (Å²) in [5, 5.41) is 2.98. The van der Waals surface area contributed by atoms with Crippen molar-refractivity contribution in [3.8, 4) is 0 Å². The molecule has 0 spiro atoms. The number of aryl methyl sites for hydroxylation is 1. The van der Waals surface area contributed by atoms with Crippen LogP contribution in [0.15, 0.2) is 30.7 Å². The maximum absolute atomic E-state index is 12.7. The maximum atomic E-state index is 12.7. The molecule has 1 atom stereocenters. The molecule has 25 heavy (non-hydrogen) atoms. The smallest absolute Gasteiger partial charge is 0.272 e. The van der Waals surface area contributed by atoms with Gasteiger partial charge in [0, 0.05) is 26.3 Å². The summed E-state index contributed by atoms with van der Waals surface area (Å²) in [4.78, 5) is 27.8. The lowest BCUT2D eigenvalue weighted by Crippen LogP contribution is -2.33. The molecule has 0 aromatic carbocycles. The third kappa shape index (κ3) is 4.32. The summed E-state index contributed by atoms with van der Waals surface area (Å²) in [7, 11) is 1.84. The highest BCUT2D eigenvalue weighted by Crippen LogP contribution is 2.22. The summed E-state index contributed by atoms with van der Waals surface area (Å²) in [5.41, 5.74) is 2.53. The van der Waals surface area contributed by atoms with Crippen LogP contribution in [0.5, 0.6) is 0 Å². The highest BCUT2D eigenvalue weighted by molar-refractivity contribution is 5.93. The van der Waals surface area contributed by atoms with Crippen LogP contribution in [0.2, 0.25) is 0 Å². The summed E-state index contributed by atoms with van der Waals surface area (Å²) >= 11 is 0. The SMILES string of the molecule is CNc1cnc(C[C@@H]2CCCN(C(=O)c3ncccc3C)CC2)cn1. The lowest BCUT2D eigenvalue weighted by Gasteiger charge is -2.21. The van der Waals surface area contributed by atoms with Gasteiger partial charge in [-0.15, -0.1) is 0 Å². The van der Waals surface area contributed by atoms with Gasteiger partial charge in [-0.25, -0.2) is 4.98 Å². The zero-order chi connectivity index (χ0) is 17.6. The topological polar surface area (TPSA) is 71.0 Å². The van der Waals surface area contributed by atoms with E-state index in [1.807, 2.05) is 37.2 Å². The number of hydrogen-bond donors (Lipinski definition) is 1. The highest BCUT2D eigenvalue weighted by Gasteiger charge is 2.23. The van der Waals surface area contributed by atoms with Crippen LogP contribution < -0.4 is 5.32 Å². The van der Waals surface area contributed by atoms with Gasteiger partial charge in [-0.2, -0.15) is 0 Å². The number of hydrogen-bond acceptors (Lipinski definition) is 5. The molecule has 6 heteroatoms. The van der Waals surface area contributed by atoms with Crippen LogP contribution in [0.3, 0.4) is 0 Å². The molecule has 0 bridgehead atoms. The molecule has 2 aromatic rings. The molecule has 1 fully saturated rings. The van der Waals surface area contributed by atoms with Gasteiger partial charge in [0.25, 0.3) is 5.91 Å². The minimum Gasteiger partial charge on any atom is -0.372 e. The van der Waals surface area contributed by atoms with Gasteiger partial charge in [-0.05, 0) is 50.2 Å². The fraction of sp³-hybridized carbons (Fsp3) is 0.474. The van der Waals surface area contributed by atoms with E-state index in [0.717, 1.165) is 55.8 Å². The second-order valence-electron chi connectivity index (χ2n) is 6.61. The van der Waals surface area contributed by atoms with Crippen molar-refractivity contribution >= 4 is 11.7 Å². The van der Waals surface area contributed by atoms with E-state index in [1.54, 1.807) is 12.4 Å². The average Bonchev–Trinajstić information content (AvgIpc) is 2.88. The molecule has 1 aliphatic heterocycles. The molecule has 1 saturated heterocycles. The number of anilines is 1. The number of rotatable bonds is 4. The van der Waals surface area contributed by atoms with Crippen LogP contribution in [-0.4, -0.2) is 45.9 Å². The van der Waals surface area contributed by atoms with E-state index in [2.05, 4.69) is 20.3 Å². The largest absolute Gasteiger partial charge is 0.372 e. The van der Waals surface area contributed by atoms with Gasteiger partial charge < -0.3 is 10.2 Å². The van der Waals surface area contributed by atoms with Gasteiger partial charge in [0.15, 0.2) is 0 Å². The molecule has 1 N–H and O–H groups in total. The molecular weight excluding hydrogens is 314 g/mol. The minimum absolute atomic E-state index is 0.0527. The second kappa shape index (κ2) is 8.05. The van der Waals surface area contributed by atoms with Crippen LogP contribution >= 0.6 is 0 Å². The van der Waals surface area contributed by atoms with Crippen molar-refractivity contribution in [3.05, 3.63) is 47.7 Å². The van der Waals surface area contributed by atoms with Crippen LogP contribution in [0.4, 0.5) is 5.82 Å². The fourth-order valence-corrected chi connectivity index (χ4v) is 3.32. The van der Waals surface area contributed by atoms with Crippen molar-refractivity contribution < 1.29 is 4.79 Å². The Morgan fingerprint density at radius 3 is 2.84 bits per heavy atom. The van der Waals surface area contributed by atoms with Gasteiger partial charge in [0.2, 0.25) is 0 Å². The predicted octanol–water partition coefficient (Wildman–Crippen LogP) is 2.71. The first-order chi connectivity index (χ1) is 12.2. The molecule has 6 nitrogen and oxygen atoms in total. The molecule has 3 heterocycles. The summed E-state index contributed by atoms with van der Waals surface area (Å²) in [6.07, 6.45) is 9.34. The molecule has 2 aromatic heterocycles. The number of carbonyl (C=O) groups excluding carboxylic acids is 1. The third-order valence-corrected chi connectivity index (χ3v) is 4.81. The van der Waals surface area contributed by atoms with Crippen molar-refractivity contribution in [2.75, 3.05) is 25.5 Å². The number of carbonyl (C=O) groups is 1. The molecule has 1 amide bonds. The van der Waals surface area contributed by atoms with Crippen molar-refractivity contribution in [1.29, 1.82) is 0 Å². The summed E-state index contributed by atoms with van der Waals surface area (Å²) in [6.45, 7) is 3.52. The molecule has 132 valence electrons. The van der Waals surface area contributed by atoms with Crippen molar-refractivity contribution in [3.63, 3.8) is 0 Å². The van der Waals surface area contributed by atoms with Gasteiger partial charge in [0.05, 0.1) is 18.1 Å². The Bertz CT molecular complexity index is 716. The van der Waals surface area contributed by atoms with E-state index in [4.69, 9.17) is 0 Å². The highest BCUT2D eigenvalue weighted by atomic mass is 16.2. The molecule has 0 aliphatic carbocycles. The summed E-state index contributed by atoms with van der Waals surface area (Å²) in [6, 6.07) is 3.80. The first-order valence-electron chi connectivity index (χ1n) is 8.87. The van der Waals surface area contributed by atoms with Gasteiger partial charge in [-0.3, -0.25) is 14.8 Å². The lowest BCUT2D eigenvalue weighted by molar-refractivity contribution is 0.0753. The Morgan fingerprint density at radius 1 is 1.24 bits per heavy atom. The number of aromatic nitrogens is 3. The van der Waals surface area contributed by atoms with Crippen molar-refractivity contribution in [1.82, 2.24) is 19.9 Å². The zero-order valence-electron chi connectivity index (χ0n) is 14.9. The molecule has 1 aliphatic rings. The Labute approximate surface area is 148 Å². The number of nitrogens with zero attached hydrogens (tertiary/aromatic N) is 4. The third-order valence-electron chi connectivity index (χ3n) is 4.81. The van der Waals surface area contributed by atoms with Crippen molar-refractivity contribution in [2.45, 2.75) is 32.6 Å². The Kier molecular flexibility index (Phi) is 5.58. The molecule has 0 radical (unpaired) electrons. The van der Waals surface area contributed by atoms with E-state index in [9.17, 15) is 4.79 Å². The van der Waals surface area contributed by atoms with Gasteiger partial charge in [-0.1, -0.05) is 6.07 Å². The van der Waals surface area contributed by atoms with Crippen molar-refractivity contribution in [2.24, 2.45) is 5.92 Å². The quantitative estimate of drug-likeness (QED) is 0.927. The summed E-state index contributed by atoms with van der Waals surface area (Å²) in [5.74, 6) is 1.38. The molecule has 0 saturated carbocycles. The predicted molar refractivity (Wildman–Crippen MR) is 97.5 cm³/mol. The average molecular weight is 339 g/mol. The Hall–Kier alpha value is -2.50. The van der Waals surface area contributed by atoms with Crippen LogP contribution in [0, 0.1) is 12.8 Å². The summed E-state index contributed by atoms with van der Waals surface area (Å²) < 4.78 is 0. The van der Waals surface area contributed by atoms with E-state index < -0.39 is 0 Å². The van der Waals surface area contributed by atoms with Crippen LogP contribution in [0.25, 0.3) is 0 Å². The molecular formula is C19H25N5O. The Morgan fingerprint density at radius 2 is 2.12 bits per heavy atom. The minimum atomic E-state index is 0.0527. The first kappa shape index (κ1) is 17.3. The second-order valence-corrected chi connectivity index (χ2v) is 6.61. The lowest BCUT2D eigenvalue weighted by atomic mass is 9.95. The number of amides is 1. The Balaban J connectivity index is 1.60. The number of pyridine rings is 1. The van der Waals surface area contributed by atoms with E-state index in [-0.39, 0.29) is 5.91 Å². The first-order valence-corrected chi connectivity index (χ1v) is 8.87.